The van der Waals surface area contributed by atoms with Crippen LogP contribution < -0.4 is 0 Å². The summed E-state index contributed by atoms with van der Waals surface area (Å²) in [5.74, 6) is 0.880. The van der Waals surface area contributed by atoms with Crippen LogP contribution in [0.1, 0.15) is 0 Å². The molecule has 4 nitrogen and oxygen atoms in total. The average Bonchev–Trinajstić information content (AvgIpc) is 3.69. The lowest BCUT2D eigenvalue weighted by molar-refractivity contribution is 0.636. The van der Waals surface area contributed by atoms with Gasteiger partial charge in [0.1, 0.15) is 11.3 Å². The van der Waals surface area contributed by atoms with Gasteiger partial charge >= 0.3 is 0 Å². The first-order valence-corrected chi connectivity index (χ1v) is 15.4. The van der Waals surface area contributed by atoms with Gasteiger partial charge in [-0.15, -0.1) is 0 Å². The van der Waals surface area contributed by atoms with Gasteiger partial charge in [0.05, 0.1) is 16.4 Å². The van der Waals surface area contributed by atoms with Crippen molar-refractivity contribution in [2.45, 2.75) is 0 Å². The minimum absolute atomic E-state index is 0.880. The Kier molecular flexibility index (Phi) is 6.10. The van der Waals surface area contributed by atoms with Crippen LogP contribution in [0.15, 0.2) is 169 Å². The van der Waals surface area contributed by atoms with Gasteiger partial charge in [-0.25, -0.2) is 0 Å². The normalized spacial score (nSPS) is 11.5. The number of nitrogens with zero attached hydrogens (tertiary/aromatic N) is 3. The van der Waals surface area contributed by atoms with Gasteiger partial charge in [-0.2, -0.15) is 0 Å². The molecule has 5 aromatic carbocycles. The first-order valence-electron chi connectivity index (χ1n) is 15.4. The molecule has 0 aliphatic rings. The zero-order chi connectivity index (χ0) is 30.5. The Morgan fingerprint density at radius 2 is 1.02 bits per heavy atom. The molecule has 46 heavy (non-hydrogen) atoms. The maximum absolute atomic E-state index is 6.97. The van der Waals surface area contributed by atoms with Crippen LogP contribution in [0.4, 0.5) is 0 Å². The summed E-state index contributed by atoms with van der Waals surface area (Å²) in [5.41, 5.74) is 11.9. The number of hydrogen-bond donors (Lipinski definition) is 0. The Morgan fingerprint density at radius 1 is 0.435 bits per heavy atom. The van der Waals surface area contributed by atoms with E-state index in [4.69, 9.17) is 4.42 Å². The molecule has 9 rings (SSSR count). The molecule has 0 atom stereocenters. The predicted molar refractivity (Wildman–Crippen MR) is 188 cm³/mol. The largest absolute Gasteiger partial charge is 0.455 e. The van der Waals surface area contributed by atoms with Crippen molar-refractivity contribution < 1.29 is 4.42 Å². The molecule has 0 unspecified atom stereocenters. The van der Waals surface area contributed by atoms with E-state index in [1.54, 1.807) is 0 Å². The minimum Gasteiger partial charge on any atom is -0.455 e. The highest BCUT2D eigenvalue weighted by Crippen LogP contribution is 2.46. The number of fused-ring (bicyclic) bond motifs is 5. The van der Waals surface area contributed by atoms with Gasteiger partial charge < -0.3 is 8.98 Å². The molecule has 9 aromatic rings. The van der Waals surface area contributed by atoms with Crippen molar-refractivity contribution in [3.8, 4) is 50.4 Å². The summed E-state index contributed by atoms with van der Waals surface area (Å²) >= 11 is 0. The Bertz CT molecular complexity index is 2440. The number of para-hydroxylation sites is 1. The van der Waals surface area contributed by atoms with E-state index in [2.05, 4.69) is 148 Å². The smallest absolute Gasteiger partial charge is 0.145 e. The number of pyridine rings is 2. The molecular formula is C42H27N3O. The first kappa shape index (κ1) is 26.2. The topological polar surface area (TPSA) is 43.9 Å². The molecule has 0 radical (unpaired) electrons. The van der Waals surface area contributed by atoms with E-state index in [0.29, 0.717) is 0 Å². The van der Waals surface area contributed by atoms with Crippen LogP contribution in [-0.2, 0) is 0 Å². The second kappa shape index (κ2) is 10.7. The Hall–Kier alpha value is -6.26. The number of rotatable bonds is 5. The lowest BCUT2D eigenvalue weighted by Gasteiger charge is -2.14. The Labute approximate surface area is 265 Å². The SMILES string of the molecule is c1ccc(-c2oc3c(ccc4c3c3ccccc3n4-c3cc(-c4ccncc4)cc(-c4ccncc4)c3)c2-c2ccccc2)cc1. The molecule has 0 saturated heterocycles. The lowest BCUT2D eigenvalue weighted by atomic mass is 9.97. The van der Waals surface area contributed by atoms with Gasteiger partial charge in [-0.05, 0) is 88.5 Å². The molecule has 4 heteroatoms. The van der Waals surface area contributed by atoms with Crippen LogP contribution >= 0.6 is 0 Å². The second-order valence-electron chi connectivity index (χ2n) is 11.5. The molecule has 4 heterocycles. The van der Waals surface area contributed by atoms with E-state index >= 15 is 0 Å². The van der Waals surface area contributed by atoms with Crippen LogP contribution in [0.5, 0.6) is 0 Å². The number of aromatic nitrogens is 3. The van der Waals surface area contributed by atoms with Crippen molar-refractivity contribution in [1.29, 1.82) is 0 Å². The van der Waals surface area contributed by atoms with Crippen LogP contribution in [0.25, 0.3) is 83.2 Å². The highest BCUT2D eigenvalue weighted by molar-refractivity contribution is 6.22. The van der Waals surface area contributed by atoms with E-state index < -0.39 is 0 Å². The molecule has 216 valence electrons. The summed E-state index contributed by atoms with van der Waals surface area (Å²) in [7, 11) is 0. The summed E-state index contributed by atoms with van der Waals surface area (Å²) in [5, 5.41) is 3.35. The second-order valence-corrected chi connectivity index (χ2v) is 11.5. The molecular weight excluding hydrogens is 562 g/mol. The van der Waals surface area contributed by atoms with Crippen molar-refractivity contribution in [3.05, 3.63) is 164 Å². The monoisotopic (exact) mass is 589 g/mol. The first-order chi connectivity index (χ1) is 22.8. The standard InChI is InChI=1S/C42H27N3O/c1-3-9-30(10-4-1)39-36-15-16-38-40(42(36)46-41(39)31-11-5-2-6-12-31)35-13-7-8-14-37(35)45(38)34-26-32(28-17-21-43-22-18-28)25-33(27-34)29-19-23-44-24-20-29/h1-27H. The van der Waals surface area contributed by atoms with Crippen molar-refractivity contribution in [3.63, 3.8) is 0 Å². The number of hydrogen-bond acceptors (Lipinski definition) is 3. The van der Waals surface area contributed by atoms with Crippen LogP contribution in [0, 0.1) is 0 Å². The van der Waals surface area contributed by atoms with E-state index in [1.165, 1.54) is 0 Å². The zero-order valence-electron chi connectivity index (χ0n) is 24.8. The molecule has 0 saturated carbocycles. The van der Waals surface area contributed by atoms with E-state index in [9.17, 15) is 0 Å². The Balaban J connectivity index is 1.38. The van der Waals surface area contributed by atoms with Crippen LogP contribution in [0.2, 0.25) is 0 Å². The number of benzene rings is 5. The number of furan rings is 1. The average molecular weight is 590 g/mol. The van der Waals surface area contributed by atoms with E-state index in [-0.39, 0.29) is 0 Å². The summed E-state index contributed by atoms with van der Waals surface area (Å²) in [6.07, 6.45) is 7.38. The maximum atomic E-state index is 6.97. The fourth-order valence-electron chi connectivity index (χ4n) is 6.73. The van der Waals surface area contributed by atoms with Crippen molar-refractivity contribution in [2.24, 2.45) is 0 Å². The van der Waals surface area contributed by atoms with Gasteiger partial charge in [0.25, 0.3) is 0 Å². The highest BCUT2D eigenvalue weighted by Gasteiger charge is 2.23. The molecule has 0 aliphatic carbocycles. The molecule has 0 amide bonds. The third kappa shape index (κ3) is 4.23. The summed E-state index contributed by atoms with van der Waals surface area (Å²) in [6.45, 7) is 0. The predicted octanol–water partition coefficient (Wildman–Crippen LogP) is 11.0. The van der Waals surface area contributed by atoms with Gasteiger partial charge in [0.15, 0.2) is 0 Å². The van der Waals surface area contributed by atoms with Crippen molar-refractivity contribution >= 4 is 32.8 Å². The van der Waals surface area contributed by atoms with E-state index in [1.807, 2.05) is 30.9 Å². The van der Waals surface area contributed by atoms with Gasteiger partial charge in [-0.1, -0.05) is 78.9 Å². The molecule has 4 aromatic heterocycles. The Morgan fingerprint density at radius 3 is 1.67 bits per heavy atom. The van der Waals surface area contributed by atoms with Crippen molar-refractivity contribution in [1.82, 2.24) is 14.5 Å². The zero-order valence-corrected chi connectivity index (χ0v) is 24.8. The summed E-state index contributed by atoms with van der Waals surface area (Å²) < 4.78 is 9.34. The van der Waals surface area contributed by atoms with Gasteiger partial charge in [-0.3, -0.25) is 9.97 Å². The van der Waals surface area contributed by atoms with Gasteiger partial charge in [0, 0.05) is 52.4 Å². The lowest BCUT2D eigenvalue weighted by Crippen LogP contribution is -1.96. The van der Waals surface area contributed by atoms with Crippen molar-refractivity contribution in [2.75, 3.05) is 0 Å². The van der Waals surface area contributed by atoms with Gasteiger partial charge in [0.2, 0.25) is 0 Å². The maximum Gasteiger partial charge on any atom is 0.145 e. The third-order valence-corrected chi connectivity index (χ3v) is 8.79. The van der Waals surface area contributed by atoms with Crippen LogP contribution in [-0.4, -0.2) is 14.5 Å². The van der Waals surface area contributed by atoms with Crippen LogP contribution in [0.3, 0.4) is 0 Å². The third-order valence-electron chi connectivity index (χ3n) is 8.79. The molecule has 0 bridgehead atoms. The molecule has 0 spiro atoms. The van der Waals surface area contributed by atoms with E-state index in [0.717, 1.165) is 83.2 Å². The highest BCUT2D eigenvalue weighted by atomic mass is 16.3. The molecule has 0 fully saturated rings. The molecule has 0 aliphatic heterocycles. The molecule has 0 N–H and O–H groups in total. The summed E-state index contributed by atoms with van der Waals surface area (Å²) in [6, 6.07) is 49.1. The summed E-state index contributed by atoms with van der Waals surface area (Å²) in [4.78, 5) is 8.53. The fourth-order valence-corrected chi connectivity index (χ4v) is 6.73. The quantitative estimate of drug-likeness (QED) is 0.201. The fraction of sp³-hybridized carbons (Fsp3) is 0. The minimum atomic E-state index is 0.880.